The molecule has 0 radical (unpaired) electrons. The molecule has 6 nitrogen and oxygen atoms in total. The third-order valence-electron chi connectivity index (χ3n) is 5.29. The van der Waals surface area contributed by atoms with E-state index in [9.17, 15) is 4.79 Å². The normalized spacial score (nSPS) is 27.4. The molecular weight excluding hydrogens is 316 g/mol. The van der Waals surface area contributed by atoms with E-state index in [2.05, 4.69) is 36.1 Å². The van der Waals surface area contributed by atoms with Crippen LogP contribution < -0.4 is 5.32 Å². The van der Waals surface area contributed by atoms with Gasteiger partial charge in [-0.3, -0.25) is 4.90 Å². The number of carbonyl (C=O) groups is 1. The van der Waals surface area contributed by atoms with Crippen molar-refractivity contribution in [2.24, 2.45) is 0 Å². The van der Waals surface area contributed by atoms with Crippen molar-refractivity contribution in [2.45, 2.75) is 57.3 Å². The van der Waals surface area contributed by atoms with E-state index in [-0.39, 0.29) is 17.6 Å². The summed E-state index contributed by atoms with van der Waals surface area (Å²) in [6.07, 6.45) is 3.57. The Morgan fingerprint density at radius 3 is 2.56 bits per heavy atom. The summed E-state index contributed by atoms with van der Waals surface area (Å²) in [6.45, 7) is 8.25. The number of hydrogen-bond donors (Lipinski definition) is 1. The summed E-state index contributed by atoms with van der Waals surface area (Å²) in [4.78, 5) is 15.3. The first-order valence-corrected chi connectivity index (χ1v) is 9.03. The van der Waals surface area contributed by atoms with E-state index in [0.29, 0.717) is 12.1 Å². The molecule has 4 rings (SSSR count). The smallest absolute Gasteiger partial charge is 0.342 e. The molecule has 1 aromatic carbocycles. The first kappa shape index (κ1) is 16.5. The molecule has 0 spiro atoms. The first-order chi connectivity index (χ1) is 11.9. The van der Waals surface area contributed by atoms with Crippen LogP contribution in [0.2, 0.25) is 0 Å². The summed E-state index contributed by atoms with van der Waals surface area (Å²) in [5.74, 6) is 0. The van der Waals surface area contributed by atoms with Crippen molar-refractivity contribution in [1.82, 2.24) is 20.0 Å². The van der Waals surface area contributed by atoms with Gasteiger partial charge in [-0.2, -0.15) is 9.78 Å². The van der Waals surface area contributed by atoms with Crippen LogP contribution in [-0.2, 0) is 4.74 Å². The molecule has 2 bridgehead atoms. The Morgan fingerprint density at radius 1 is 1.20 bits per heavy atom. The number of fused-ring (bicyclic) bond motifs is 3. The molecule has 2 fully saturated rings. The minimum atomic E-state index is -0.144. The minimum absolute atomic E-state index is 0.117. The Bertz CT molecular complexity index is 765. The molecule has 2 aliphatic heterocycles. The number of piperidine rings is 1. The van der Waals surface area contributed by atoms with Crippen molar-refractivity contribution in [1.29, 1.82) is 0 Å². The predicted molar refractivity (Wildman–Crippen MR) is 96.7 cm³/mol. The van der Waals surface area contributed by atoms with E-state index in [1.807, 2.05) is 24.3 Å². The number of ether oxygens (including phenoxy) is 1. The quantitative estimate of drug-likeness (QED) is 0.865. The van der Waals surface area contributed by atoms with Crippen molar-refractivity contribution in [2.75, 3.05) is 13.2 Å². The van der Waals surface area contributed by atoms with E-state index >= 15 is 0 Å². The zero-order chi connectivity index (χ0) is 17.6. The first-order valence-electron chi connectivity index (χ1n) is 9.03. The monoisotopic (exact) mass is 342 g/mol. The van der Waals surface area contributed by atoms with Gasteiger partial charge in [-0.1, -0.05) is 18.2 Å². The van der Waals surface area contributed by atoms with Crippen molar-refractivity contribution in [3.05, 3.63) is 30.5 Å². The van der Waals surface area contributed by atoms with Crippen LogP contribution in [0.15, 0.2) is 30.5 Å². The molecule has 134 valence electrons. The lowest BCUT2D eigenvalue weighted by molar-refractivity contribution is -0.117. The number of hydrogen-bond acceptors (Lipinski definition) is 4. The van der Waals surface area contributed by atoms with Crippen LogP contribution in [-0.4, -0.2) is 57.6 Å². The molecule has 1 N–H and O–H groups in total. The Morgan fingerprint density at radius 2 is 1.88 bits per heavy atom. The molecule has 2 aliphatic rings. The molecule has 3 heterocycles. The highest BCUT2D eigenvalue weighted by molar-refractivity contribution is 5.89. The average Bonchev–Trinajstić information content (AvgIpc) is 2.97. The molecule has 2 saturated heterocycles. The van der Waals surface area contributed by atoms with Gasteiger partial charge in [0.2, 0.25) is 0 Å². The van der Waals surface area contributed by atoms with Crippen LogP contribution in [0.1, 0.15) is 33.6 Å². The summed E-state index contributed by atoms with van der Waals surface area (Å²) in [5.41, 5.74) is 0.961. The third-order valence-corrected chi connectivity index (χ3v) is 5.29. The Hall–Kier alpha value is -1.92. The summed E-state index contributed by atoms with van der Waals surface area (Å²) in [7, 11) is 0. The lowest BCUT2D eigenvalue weighted by Gasteiger charge is -2.54. The molecule has 0 saturated carbocycles. The van der Waals surface area contributed by atoms with E-state index < -0.39 is 0 Å². The summed E-state index contributed by atoms with van der Waals surface area (Å²) in [5, 5.41) is 8.43. The van der Waals surface area contributed by atoms with Crippen LogP contribution in [0.4, 0.5) is 4.79 Å². The Labute approximate surface area is 148 Å². The number of amides is 1. The second kappa shape index (κ2) is 6.11. The third kappa shape index (κ3) is 3.04. The second-order valence-electron chi connectivity index (χ2n) is 8.16. The lowest BCUT2D eigenvalue weighted by Crippen LogP contribution is -2.65. The molecule has 1 amide bonds. The number of carbonyl (C=O) groups excluding carboxylic acids is 1. The standard InChI is InChI=1S/C19H26N4O2/c1-19(2,3)22-15-8-14(9-16(22)12-25-11-15)21-18(24)23-17-7-5-4-6-13(17)10-20-23/h4-7,10,14-16H,8-9,11-12H2,1-3H3,(H,21,24). The zero-order valence-electron chi connectivity index (χ0n) is 15.1. The van der Waals surface area contributed by atoms with Crippen molar-refractivity contribution < 1.29 is 9.53 Å². The van der Waals surface area contributed by atoms with Crippen molar-refractivity contribution in [3.8, 4) is 0 Å². The highest BCUT2D eigenvalue weighted by Gasteiger charge is 2.44. The largest absolute Gasteiger partial charge is 0.378 e. The van der Waals surface area contributed by atoms with E-state index in [1.165, 1.54) is 4.68 Å². The van der Waals surface area contributed by atoms with Crippen LogP contribution in [0.5, 0.6) is 0 Å². The highest BCUT2D eigenvalue weighted by atomic mass is 16.5. The summed E-state index contributed by atoms with van der Waals surface area (Å²) >= 11 is 0. The average molecular weight is 342 g/mol. The van der Waals surface area contributed by atoms with Crippen LogP contribution in [0, 0.1) is 0 Å². The molecule has 2 atom stereocenters. The topological polar surface area (TPSA) is 59.4 Å². The van der Waals surface area contributed by atoms with E-state index in [4.69, 9.17) is 4.74 Å². The molecule has 1 aromatic heterocycles. The second-order valence-corrected chi connectivity index (χ2v) is 8.16. The molecule has 2 aromatic rings. The minimum Gasteiger partial charge on any atom is -0.378 e. The number of para-hydroxylation sites is 1. The predicted octanol–water partition coefficient (Wildman–Crippen LogP) is 2.62. The van der Waals surface area contributed by atoms with Crippen molar-refractivity contribution >= 4 is 16.9 Å². The maximum Gasteiger partial charge on any atom is 0.342 e. The van der Waals surface area contributed by atoms with Gasteiger partial charge in [0.05, 0.1) is 24.9 Å². The maximum atomic E-state index is 12.7. The fourth-order valence-corrected chi connectivity index (χ4v) is 4.50. The number of morpholine rings is 1. The fourth-order valence-electron chi connectivity index (χ4n) is 4.50. The van der Waals surface area contributed by atoms with Crippen molar-refractivity contribution in [3.63, 3.8) is 0 Å². The SMILES string of the molecule is CC(C)(C)N1C2COCC1CC(NC(=O)n1ncc3ccccc31)C2. The summed E-state index contributed by atoms with van der Waals surface area (Å²) < 4.78 is 7.24. The Balaban J connectivity index is 1.50. The molecule has 2 unspecified atom stereocenters. The van der Waals surface area contributed by atoms with Gasteiger partial charge in [0.15, 0.2) is 0 Å². The maximum absolute atomic E-state index is 12.7. The van der Waals surface area contributed by atoms with Gasteiger partial charge < -0.3 is 10.1 Å². The van der Waals surface area contributed by atoms with Gasteiger partial charge in [0.1, 0.15) is 0 Å². The van der Waals surface area contributed by atoms with Gasteiger partial charge in [0.25, 0.3) is 0 Å². The van der Waals surface area contributed by atoms with Gasteiger partial charge in [-0.05, 0) is 39.7 Å². The summed E-state index contributed by atoms with van der Waals surface area (Å²) in [6, 6.07) is 8.50. The number of benzene rings is 1. The van der Waals surface area contributed by atoms with Crippen LogP contribution in [0.25, 0.3) is 10.9 Å². The van der Waals surface area contributed by atoms with Gasteiger partial charge in [-0.25, -0.2) is 4.79 Å². The van der Waals surface area contributed by atoms with Crippen LogP contribution >= 0.6 is 0 Å². The molecular formula is C19H26N4O2. The number of rotatable bonds is 1. The number of nitrogens with one attached hydrogen (secondary N) is 1. The Kier molecular flexibility index (Phi) is 4.04. The molecule has 25 heavy (non-hydrogen) atoms. The van der Waals surface area contributed by atoms with Crippen LogP contribution in [0.3, 0.4) is 0 Å². The molecule has 6 heteroatoms. The van der Waals surface area contributed by atoms with Gasteiger partial charge in [-0.15, -0.1) is 0 Å². The van der Waals surface area contributed by atoms with Gasteiger partial charge in [0, 0.05) is 29.1 Å². The number of nitrogens with zero attached hydrogens (tertiary/aromatic N) is 3. The zero-order valence-corrected chi connectivity index (χ0v) is 15.1. The van der Waals surface area contributed by atoms with E-state index in [1.54, 1.807) is 6.20 Å². The fraction of sp³-hybridized carbons (Fsp3) is 0.579. The van der Waals surface area contributed by atoms with Gasteiger partial charge >= 0.3 is 6.03 Å². The lowest BCUT2D eigenvalue weighted by atomic mass is 9.85. The molecule has 0 aliphatic carbocycles. The van der Waals surface area contributed by atoms with E-state index in [0.717, 1.165) is 37.0 Å². The highest BCUT2D eigenvalue weighted by Crippen LogP contribution is 2.33. The number of aromatic nitrogens is 2.